The molecule has 1 amide bonds. The van der Waals surface area contributed by atoms with E-state index < -0.39 is 0 Å². The number of hydrogen-bond acceptors (Lipinski definition) is 4. The summed E-state index contributed by atoms with van der Waals surface area (Å²) in [5, 5.41) is 13.8. The zero-order valence-corrected chi connectivity index (χ0v) is 16.4. The van der Waals surface area contributed by atoms with Gasteiger partial charge in [-0.3, -0.25) is 4.79 Å². The quantitative estimate of drug-likeness (QED) is 0.737. The first-order valence-electron chi connectivity index (χ1n) is 7.57. The molecule has 1 aromatic heterocycles. The summed E-state index contributed by atoms with van der Waals surface area (Å²) in [4.78, 5) is 16.6. The van der Waals surface area contributed by atoms with Crippen LogP contribution in [0.3, 0.4) is 0 Å². The minimum absolute atomic E-state index is 0.159. The molecule has 0 saturated carbocycles. The van der Waals surface area contributed by atoms with Gasteiger partial charge in [-0.1, -0.05) is 41.0 Å². The zero-order chi connectivity index (χ0) is 18.6. The molecular weight excluding hydrogens is 377 g/mol. The average molecular weight is 394 g/mol. The number of rotatable bonds is 5. The Bertz CT molecular complexity index is 849. The number of thioether (sulfide) groups is 1. The fourth-order valence-corrected chi connectivity index (χ4v) is 3.87. The minimum Gasteiger partial charge on any atom is -0.349 e. The molecule has 0 saturated heterocycles. The molecule has 1 atom stereocenters. The van der Waals surface area contributed by atoms with Gasteiger partial charge in [-0.05, 0) is 50.1 Å². The highest BCUT2D eigenvalue weighted by atomic mass is 35.5. The maximum atomic E-state index is 12.2. The highest BCUT2D eigenvalue weighted by Gasteiger charge is 2.15. The Balaban J connectivity index is 2.03. The highest BCUT2D eigenvalue weighted by Crippen LogP contribution is 2.27. The Kier molecular flexibility index (Phi) is 6.71. The number of hydrogen-bond donors (Lipinski definition) is 1. The summed E-state index contributed by atoms with van der Waals surface area (Å²) in [5.41, 5.74) is 2.99. The monoisotopic (exact) mass is 393 g/mol. The van der Waals surface area contributed by atoms with E-state index in [9.17, 15) is 10.1 Å². The standard InChI is InChI=1S/C18H17Cl2N3OS/c1-10-6-11(2)22-18(15(10)8-21)25-9-17(24)23-12(3)14-5-4-13(19)7-16(14)20/h4-7,12H,9H2,1-3H3,(H,23,24). The van der Waals surface area contributed by atoms with Gasteiger partial charge in [0.2, 0.25) is 5.91 Å². The van der Waals surface area contributed by atoms with E-state index in [0.29, 0.717) is 20.6 Å². The molecule has 4 nitrogen and oxygen atoms in total. The number of nitrogens with zero attached hydrogens (tertiary/aromatic N) is 2. The van der Waals surface area contributed by atoms with Gasteiger partial charge in [-0.15, -0.1) is 0 Å². The Morgan fingerprint density at radius 2 is 2.08 bits per heavy atom. The number of benzene rings is 1. The maximum Gasteiger partial charge on any atom is 0.230 e. The van der Waals surface area contributed by atoms with Gasteiger partial charge in [0.25, 0.3) is 0 Å². The normalized spacial score (nSPS) is 11.7. The molecule has 1 unspecified atom stereocenters. The molecule has 0 radical (unpaired) electrons. The number of halogens is 2. The molecule has 1 heterocycles. The predicted molar refractivity (Wildman–Crippen MR) is 102 cm³/mol. The van der Waals surface area contributed by atoms with E-state index in [2.05, 4.69) is 16.4 Å². The van der Waals surface area contributed by atoms with E-state index in [1.165, 1.54) is 11.8 Å². The topological polar surface area (TPSA) is 65.8 Å². The number of carbonyl (C=O) groups is 1. The number of amides is 1. The molecular formula is C18H17Cl2N3OS. The van der Waals surface area contributed by atoms with Crippen molar-refractivity contribution in [1.82, 2.24) is 10.3 Å². The number of aromatic nitrogens is 1. The van der Waals surface area contributed by atoms with Crippen molar-refractivity contribution in [3.05, 3.63) is 56.7 Å². The Labute approximate surface area is 161 Å². The van der Waals surface area contributed by atoms with Gasteiger partial charge in [0, 0.05) is 15.7 Å². The number of pyridine rings is 1. The SMILES string of the molecule is Cc1cc(C)c(C#N)c(SCC(=O)NC(C)c2ccc(Cl)cc2Cl)n1. The Morgan fingerprint density at radius 3 is 2.72 bits per heavy atom. The molecule has 0 bridgehead atoms. The van der Waals surface area contributed by atoms with E-state index in [4.69, 9.17) is 23.2 Å². The first kappa shape index (κ1) is 19.6. The van der Waals surface area contributed by atoms with Crippen molar-refractivity contribution >= 4 is 40.9 Å². The van der Waals surface area contributed by atoms with Crippen LogP contribution in [0.25, 0.3) is 0 Å². The van der Waals surface area contributed by atoms with Crippen LogP contribution >= 0.6 is 35.0 Å². The predicted octanol–water partition coefficient (Wildman–Crippen LogP) is 4.85. The largest absolute Gasteiger partial charge is 0.349 e. The lowest BCUT2D eigenvalue weighted by Gasteiger charge is -2.16. The molecule has 2 rings (SSSR count). The van der Waals surface area contributed by atoms with Gasteiger partial charge in [0.15, 0.2) is 0 Å². The summed E-state index contributed by atoms with van der Waals surface area (Å²) < 4.78 is 0. The van der Waals surface area contributed by atoms with Gasteiger partial charge < -0.3 is 5.32 Å². The average Bonchev–Trinajstić information content (AvgIpc) is 2.52. The van der Waals surface area contributed by atoms with Crippen LogP contribution in [-0.2, 0) is 4.79 Å². The minimum atomic E-state index is -0.250. The third-order valence-corrected chi connectivity index (χ3v) is 5.11. The molecule has 7 heteroatoms. The number of nitrogens with one attached hydrogen (secondary N) is 1. The highest BCUT2D eigenvalue weighted by molar-refractivity contribution is 8.00. The molecule has 25 heavy (non-hydrogen) atoms. The summed E-state index contributed by atoms with van der Waals surface area (Å²) in [5.74, 6) is 0.00787. The summed E-state index contributed by atoms with van der Waals surface area (Å²) in [6.07, 6.45) is 0. The molecule has 0 aliphatic carbocycles. The van der Waals surface area contributed by atoms with Crippen molar-refractivity contribution in [2.24, 2.45) is 0 Å². The molecule has 2 aromatic rings. The molecule has 0 fully saturated rings. The first-order chi connectivity index (χ1) is 11.8. The summed E-state index contributed by atoms with van der Waals surface area (Å²) in [6.45, 7) is 5.58. The van der Waals surface area contributed by atoms with Crippen LogP contribution in [0.4, 0.5) is 0 Å². The van der Waals surface area contributed by atoms with Gasteiger partial charge in [0.1, 0.15) is 11.1 Å². The van der Waals surface area contributed by atoms with Gasteiger partial charge in [0.05, 0.1) is 17.4 Å². The summed E-state index contributed by atoms with van der Waals surface area (Å²) >= 11 is 13.3. The Morgan fingerprint density at radius 1 is 1.36 bits per heavy atom. The third-order valence-electron chi connectivity index (χ3n) is 3.57. The van der Waals surface area contributed by atoms with E-state index >= 15 is 0 Å². The van der Waals surface area contributed by atoms with Crippen LogP contribution in [0.1, 0.15) is 35.3 Å². The number of aryl methyl sites for hydroxylation is 2. The zero-order valence-electron chi connectivity index (χ0n) is 14.1. The second-order valence-electron chi connectivity index (χ2n) is 5.62. The molecule has 0 aliphatic rings. The maximum absolute atomic E-state index is 12.2. The van der Waals surface area contributed by atoms with Crippen LogP contribution in [0, 0.1) is 25.2 Å². The smallest absolute Gasteiger partial charge is 0.230 e. The number of carbonyl (C=O) groups excluding carboxylic acids is 1. The first-order valence-corrected chi connectivity index (χ1v) is 9.31. The van der Waals surface area contributed by atoms with Crippen molar-refractivity contribution in [3.8, 4) is 6.07 Å². The van der Waals surface area contributed by atoms with Gasteiger partial charge >= 0.3 is 0 Å². The molecule has 0 aliphatic heterocycles. The summed E-state index contributed by atoms with van der Waals surface area (Å²) in [6, 6.07) is 8.93. The molecule has 0 spiro atoms. The van der Waals surface area contributed by atoms with Gasteiger partial charge in [-0.2, -0.15) is 5.26 Å². The fourth-order valence-electron chi connectivity index (χ4n) is 2.39. The second-order valence-corrected chi connectivity index (χ2v) is 7.42. The van der Waals surface area contributed by atoms with Crippen molar-refractivity contribution in [3.63, 3.8) is 0 Å². The van der Waals surface area contributed by atoms with Crippen LogP contribution < -0.4 is 5.32 Å². The van der Waals surface area contributed by atoms with Crippen LogP contribution in [0.15, 0.2) is 29.3 Å². The molecule has 1 N–H and O–H groups in total. The third kappa shape index (κ3) is 5.12. The van der Waals surface area contributed by atoms with Crippen molar-refractivity contribution in [2.75, 3.05) is 5.75 Å². The van der Waals surface area contributed by atoms with Crippen LogP contribution in [0.5, 0.6) is 0 Å². The van der Waals surface area contributed by atoms with E-state index in [1.54, 1.807) is 18.2 Å². The van der Waals surface area contributed by atoms with E-state index in [1.807, 2.05) is 26.8 Å². The summed E-state index contributed by atoms with van der Waals surface area (Å²) in [7, 11) is 0. The van der Waals surface area contributed by atoms with Crippen molar-refractivity contribution in [2.45, 2.75) is 31.8 Å². The van der Waals surface area contributed by atoms with E-state index in [0.717, 1.165) is 16.8 Å². The molecule has 130 valence electrons. The van der Waals surface area contributed by atoms with Crippen LogP contribution in [-0.4, -0.2) is 16.6 Å². The lowest BCUT2D eigenvalue weighted by molar-refractivity contribution is -0.119. The number of nitriles is 1. The lowest BCUT2D eigenvalue weighted by atomic mass is 10.1. The van der Waals surface area contributed by atoms with Gasteiger partial charge in [-0.25, -0.2) is 4.98 Å². The Hall–Kier alpha value is -1.74. The fraction of sp³-hybridized carbons (Fsp3) is 0.278. The molecule has 1 aromatic carbocycles. The lowest BCUT2D eigenvalue weighted by Crippen LogP contribution is -2.28. The van der Waals surface area contributed by atoms with E-state index in [-0.39, 0.29) is 17.7 Å². The van der Waals surface area contributed by atoms with Crippen LogP contribution in [0.2, 0.25) is 10.0 Å². The van der Waals surface area contributed by atoms with Crippen molar-refractivity contribution in [1.29, 1.82) is 5.26 Å². The second kappa shape index (κ2) is 8.57. The van der Waals surface area contributed by atoms with Crippen molar-refractivity contribution < 1.29 is 4.79 Å².